The van der Waals surface area contributed by atoms with Crippen molar-refractivity contribution < 1.29 is 9.90 Å². The molecule has 0 saturated carbocycles. The first-order valence-electron chi connectivity index (χ1n) is 7.25. The monoisotopic (exact) mass is 322 g/mol. The number of nitrogens with one attached hydrogen (secondary N) is 2. The van der Waals surface area contributed by atoms with Crippen LogP contribution in [0.2, 0.25) is 0 Å². The number of rotatable bonds is 5. The van der Waals surface area contributed by atoms with Gasteiger partial charge in [-0.15, -0.1) is 0 Å². The van der Waals surface area contributed by atoms with Crippen molar-refractivity contribution in [2.24, 2.45) is 0 Å². The maximum absolute atomic E-state index is 12.1. The lowest BCUT2D eigenvalue weighted by Gasteiger charge is -2.13. The molecule has 6 heteroatoms. The van der Waals surface area contributed by atoms with E-state index in [-0.39, 0.29) is 17.0 Å². The number of anilines is 3. The topological polar surface area (TPSA) is 88.4 Å². The molecule has 0 heterocycles. The Hall–Kier alpha value is -3.46. The van der Waals surface area contributed by atoms with E-state index in [9.17, 15) is 15.2 Å². The number of aromatic hydroxyl groups is 1. The summed E-state index contributed by atoms with van der Waals surface area (Å²) >= 11 is 0. The summed E-state index contributed by atoms with van der Waals surface area (Å²) in [6.07, 6.45) is 1.34. The van der Waals surface area contributed by atoms with Crippen LogP contribution in [0.4, 0.5) is 17.1 Å². The first-order valence-corrected chi connectivity index (χ1v) is 7.25. The van der Waals surface area contributed by atoms with Gasteiger partial charge in [-0.05, 0) is 30.3 Å². The minimum absolute atomic E-state index is 0.0604. The van der Waals surface area contributed by atoms with Crippen molar-refractivity contribution in [2.75, 3.05) is 29.6 Å². The van der Waals surface area contributed by atoms with Crippen LogP contribution >= 0.6 is 0 Å². The SMILES string of the molecule is CN(C)c1cccc(N/C=C(/C#N)C(=O)Nc2ccccc2O)c1. The second-order valence-electron chi connectivity index (χ2n) is 5.23. The predicted molar refractivity (Wildman–Crippen MR) is 94.8 cm³/mol. The summed E-state index contributed by atoms with van der Waals surface area (Å²) < 4.78 is 0. The van der Waals surface area contributed by atoms with Gasteiger partial charge < -0.3 is 20.6 Å². The summed E-state index contributed by atoms with van der Waals surface area (Å²) in [6, 6.07) is 15.7. The minimum atomic E-state index is -0.602. The molecule has 0 saturated heterocycles. The summed E-state index contributed by atoms with van der Waals surface area (Å²) in [5.41, 5.74) is 1.89. The quantitative estimate of drug-likeness (QED) is 0.447. The predicted octanol–water partition coefficient (Wildman–Crippen LogP) is 2.92. The van der Waals surface area contributed by atoms with E-state index in [1.54, 1.807) is 18.2 Å². The molecule has 0 bridgehead atoms. The highest BCUT2D eigenvalue weighted by molar-refractivity contribution is 6.07. The number of phenolic OH excluding ortho intramolecular Hbond substituents is 1. The number of phenols is 1. The maximum atomic E-state index is 12.1. The summed E-state index contributed by atoms with van der Waals surface area (Å²) in [5, 5.41) is 24.3. The zero-order chi connectivity index (χ0) is 17.5. The average Bonchev–Trinajstić information content (AvgIpc) is 2.57. The van der Waals surface area contributed by atoms with Crippen molar-refractivity contribution in [2.45, 2.75) is 0 Å². The van der Waals surface area contributed by atoms with Gasteiger partial charge in [-0.3, -0.25) is 4.79 Å². The average molecular weight is 322 g/mol. The van der Waals surface area contributed by atoms with Crippen molar-refractivity contribution in [1.29, 1.82) is 5.26 Å². The number of nitrogens with zero attached hydrogens (tertiary/aromatic N) is 2. The van der Waals surface area contributed by atoms with Crippen LogP contribution in [-0.2, 0) is 4.79 Å². The lowest BCUT2D eigenvalue weighted by Crippen LogP contribution is -2.14. The molecule has 0 radical (unpaired) electrons. The van der Waals surface area contributed by atoms with E-state index in [2.05, 4.69) is 10.6 Å². The standard InChI is InChI=1S/C18H18N4O2/c1-22(2)15-7-5-6-14(10-15)20-12-13(11-19)18(24)21-16-8-3-4-9-17(16)23/h3-10,12,20,23H,1-2H3,(H,21,24)/b13-12-. The number of para-hydroxylation sites is 2. The molecule has 6 nitrogen and oxygen atoms in total. The highest BCUT2D eigenvalue weighted by atomic mass is 16.3. The van der Waals surface area contributed by atoms with E-state index in [0.29, 0.717) is 0 Å². The lowest BCUT2D eigenvalue weighted by molar-refractivity contribution is -0.112. The van der Waals surface area contributed by atoms with Crippen molar-refractivity contribution in [1.82, 2.24) is 0 Å². The van der Waals surface area contributed by atoms with E-state index in [4.69, 9.17) is 0 Å². The highest BCUT2D eigenvalue weighted by Gasteiger charge is 2.11. The molecule has 2 aromatic rings. The van der Waals surface area contributed by atoms with E-state index in [1.807, 2.05) is 49.3 Å². The second-order valence-corrected chi connectivity index (χ2v) is 5.23. The Balaban J connectivity index is 2.12. The third kappa shape index (κ3) is 4.27. The molecule has 3 N–H and O–H groups in total. The van der Waals surface area contributed by atoms with Gasteiger partial charge in [-0.1, -0.05) is 18.2 Å². The van der Waals surface area contributed by atoms with Crippen molar-refractivity contribution in [3.8, 4) is 11.8 Å². The number of nitriles is 1. The number of carbonyl (C=O) groups is 1. The molecule has 122 valence electrons. The van der Waals surface area contributed by atoms with E-state index in [0.717, 1.165) is 11.4 Å². The molecule has 0 aromatic heterocycles. The fourth-order valence-electron chi connectivity index (χ4n) is 1.95. The van der Waals surface area contributed by atoms with Gasteiger partial charge >= 0.3 is 0 Å². The molecule has 0 aliphatic carbocycles. The van der Waals surface area contributed by atoms with Gasteiger partial charge in [0.2, 0.25) is 0 Å². The molecule has 2 rings (SSSR count). The Labute approximate surface area is 140 Å². The highest BCUT2D eigenvalue weighted by Crippen LogP contribution is 2.22. The fraction of sp³-hybridized carbons (Fsp3) is 0.111. The van der Waals surface area contributed by atoms with Gasteiger partial charge in [0, 0.05) is 31.7 Å². The van der Waals surface area contributed by atoms with Crippen molar-refractivity contribution in [3.05, 3.63) is 60.3 Å². The fourth-order valence-corrected chi connectivity index (χ4v) is 1.95. The molecule has 0 unspecified atom stereocenters. The number of hydrogen-bond acceptors (Lipinski definition) is 5. The molecular weight excluding hydrogens is 304 g/mol. The van der Waals surface area contributed by atoms with Gasteiger partial charge in [0.1, 0.15) is 17.4 Å². The molecule has 0 spiro atoms. The van der Waals surface area contributed by atoms with Crippen LogP contribution in [0.15, 0.2) is 60.3 Å². The van der Waals surface area contributed by atoms with Crippen molar-refractivity contribution in [3.63, 3.8) is 0 Å². The zero-order valence-electron chi connectivity index (χ0n) is 13.4. The summed E-state index contributed by atoms with van der Waals surface area (Å²) in [7, 11) is 3.85. The van der Waals surface area contributed by atoms with E-state index in [1.165, 1.54) is 12.3 Å². The lowest BCUT2D eigenvalue weighted by atomic mass is 10.2. The van der Waals surface area contributed by atoms with Crippen LogP contribution in [0, 0.1) is 11.3 Å². The second kappa shape index (κ2) is 7.70. The van der Waals surface area contributed by atoms with Gasteiger partial charge in [-0.2, -0.15) is 5.26 Å². The van der Waals surface area contributed by atoms with Crippen LogP contribution in [0.25, 0.3) is 0 Å². The smallest absolute Gasteiger partial charge is 0.267 e. The summed E-state index contributed by atoms with van der Waals surface area (Å²) in [6.45, 7) is 0. The Bertz CT molecular complexity index is 807. The molecular formula is C18H18N4O2. The van der Waals surface area contributed by atoms with Gasteiger partial charge in [0.25, 0.3) is 5.91 Å². The van der Waals surface area contributed by atoms with Crippen LogP contribution in [-0.4, -0.2) is 25.1 Å². The molecule has 0 aliphatic heterocycles. The van der Waals surface area contributed by atoms with Gasteiger partial charge in [0.05, 0.1) is 5.69 Å². The first-order chi connectivity index (χ1) is 11.5. The zero-order valence-corrected chi connectivity index (χ0v) is 13.4. The molecule has 1 amide bonds. The number of amides is 1. The Kier molecular flexibility index (Phi) is 5.42. The number of hydrogen-bond donors (Lipinski definition) is 3. The van der Waals surface area contributed by atoms with Gasteiger partial charge in [0.15, 0.2) is 0 Å². The van der Waals surface area contributed by atoms with E-state index >= 15 is 0 Å². The van der Waals surface area contributed by atoms with Crippen molar-refractivity contribution >= 4 is 23.0 Å². The summed E-state index contributed by atoms with van der Waals surface area (Å²) in [4.78, 5) is 14.1. The van der Waals surface area contributed by atoms with Gasteiger partial charge in [-0.25, -0.2) is 0 Å². The van der Waals surface area contributed by atoms with Crippen LogP contribution in [0.5, 0.6) is 5.75 Å². The third-order valence-electron chi connectivity index (χ3n) is 3.26. The number of benzene rings is 2. The molecule has 2 aromatic carbocycles. The van der Waals surface area contributed by atoms with Crippen LogP contribution < -0.4 is 15.5 Å². The first kappa shape index (κ1) is 16.9. The third-order valence-corrected chi connectivity index (χ3v) is 3.26. The Morgan fingerprint density at radius 2 is 1.96 bits per heavy atom. The van der Waals surface area contributed by atoms with Crippen LogP contribution in [0.3, 0.4) is 0 Å². The van der Waals surface area contributed by atoms with E-state index < -0.39 is 5.91 Å². The Morgan fingerprint density at radius 3 is 2.62 bits per heavy atom. The number of carbonyl (C=O) groups excluding carboxylic acids is 1. The largest absolute Gasteiger partial charge is 0.506 e. The molecule has 0 atom stereocenters. The normalized spacial score (nSPS) is 10.6. The molecule has 0 fully saturated rings. The maximum Gasteiger partial charge on any atom is 0.267 e. The Morgan fingerprint density at radius 1 is 1.21 bits per heavy atom. The minimum Gasteiger partial charge on any atom is -0.506 e. The van der Waals surface area contributed by atoms with Crippen LogP contribution in [0.1, 0.15) is 0 Å². The molecule has 0 aliphatic rings. The summed E-state index contributed by atoms with van der Waals surface area (Å²) in [5.74, 6) is -0.662. The molecule has 24 heavy (non-hydrogen) atoms.